The van der Waals surface area contributed by atoms with Crippen molar-refractivity contribution in [3.63, 3.8) is 0 Å². The Balaban J connectivity index is 1.45. The van der Waals surface area contributed by atoms with Crippen molar-refractivity contribution < 1.29 is 18.9 Å². The smallest absolute Gasteiger partial charge is 0.289 e. The van der Waals surface area contributed by atoms with E-state index < -0.39 is 4.92 Å². The number of hydrazone groups is 1. The standard InChI is InChI=1S/C24H29N5O5/c1-3-27-11-13-28(14-12-27)24(31)23-16(2)22-19(5-4-6-20(22)34-23)25-26-21(30)15-17-7-9-18(10-8-17)29(32)33/h7-10H,3-6,11-15H2,1-2H3,(H,26,30)/b25-19+. The number of nitrogens with one attached hydrogen (secondary N) is 1. The third kappa shape index (κ3) is 5.01. The van der Waals surface area contributed by atoms with Crippen LogP contribution in [0.5, 0.6) is 0 Å². The van der Waals surface area contributed by atoms with Gasteiger partial charge in [-0.05, 0) is 31.9 Å². The van der Waals surface area contributed by atoms with Crippen molar-refractivity contribution in [3.05, 3.63) is 62.6 Å². The number of non-ortho nitro benzene ring substituents is 1. The van der Waals surface area contributed by atoms with Crippen LogP contribution in [0.15, 0.2) is 33.8 Å². The highest BCUT2D eigenvalue weighted by Crippen LogP contribution is 2.30. The molecule has 34 heavy (non-hydrogen) atoms. The van der Waals surface area contributed by atoms with Crippen LogP contribution in [-0.2, 0) is 17.6 Å². The number of amides is 2. The van der Waals surface area contributed by atoms with Crippen LogP contribution in [0, 0.1) is 17.0 Å². The van der Waals surface area contributed by atoms with E-state index in [-0.39, 0.29) is 23.9 Å². The summed E-state index contributed by atoms with van der Waals surface area (Å²) >= 11 is 0. The van der Waals surface area contributed by atoms with Gasteiger partial charge in [-0.1, -0.05) is 19.1 Å². The van der Waals surface area contributed by atoms with Crippen molar-refractivity contribution >= 4 is 23.2 Å². The fraction of sp³-hybridized carbons (Fsp3) is 0.458. The number of nitro benzene ring substituents is 1. The number of nitrogens with zero attached hydrogens (tertiary/aromatic N) is 4. The summed E-state index contributed by atoms with van der Waals surface area (Å²) in [5.41, 5.74) is 5.51. The number of hydrogen-bond donors (Lipinski definition) is 1. The molecule has 2 aromatic rings. The maximum absolute atomic E-state index is 13.1. The Bertz CT molecular complexity index is 1110. The van der Waals surface area contributed by atoms with Gasteiger partial charge in [0.15, 0.2) is 5.76 Å². The summed E-state index contributed by atoms with van der Waals surface area (Å²) in [7, 11) is 0. The Morgan fingerprint density at radius 1 is 1.15 bits per heavy atom. The number of aryl methyl sites for hydroxylation is 1. The molecule has 1 aliphatic heterocycles. The number of nitro groups is 1. The third-order valence-electron chi connectivity index (χ3n) is 6.45. The largest absolute Gasteiger partial charge is 0.455 e. The first-order chi connectivity index (χ1) is 16.4. The molecule has 2 amide bonds. The minimum absolute atomic E-state index is 0.0211. The van der Waals surface area contributed by atoms with Crippen LogP contribution in [-0.4, -0.2) is 65.0 Å². The predicted molar refractivity (Wildman–Crippen MR) is 126 cm³/mol. The Hall–Kier alpha value is -3.53. The number of piperazine rings is 1. The fourth-order valence-corrected chi connectivity index (χ4v) is 4.49. The van der Waals surface area contributed by atoms with Gasteiger partial charge in [0.1, 0.15) is 5.76 Å². The van der Waals surface area contributed by atoms with Gasteiger partial charge in [0.2, 0.25) is 5.91 Å². The lowest BCUT2D eigenvalue weighted by molar-refractivity contribution is -0.384. The number of benzene rings is 1. The molecule has 0 saturated carbocycles. The lowest BCUT2D eigenvalue weighted by Gasteiger charge is -2.33. The first-order valence-electron chi connectivity index (χ1n) is 11.6. The average molecular weight is 468 g/mol. The van der Waals surface area contributed by atoms with E-state index in [9.17, 15) is 19.7 Å². The number of fused-ring (bicyclic) bond motifs is 1. The summed E-state index contributed by atoms with van der Waals surface area (Å²) in [5, 5.41) is 15.1. The summed E-state index contributed by atoms with van der Waals surface area (Å²) in [4.78, 5) is 40.0. The number of rotatable bonds is 6. The Kier molecular flexibility index (Phi) is 7.06. The topological polar surface area (TPSA) is 121 Å². The van der Waals surface area contributed by atoms with Gasteiger partial charge in [-0.15, -0.1) is 0 Å². The van der Waals surface area contributed by atoms with Gasteiger partial charge in [0, 0.05) is 55.9 Å². The summed E-state index contributed by atoms with van der Waals surface area (Å²) < 4.78 is 6.01. The molecule has 1 aliphatic carbocycles. The highest BCUT2D eigenvalue weighted by Gasteiger charge is 2.31. The van der Waals surface area contributed by atoms with Crippen LogP contribution >= 0.6 is 0 Å². The van der Waals surface area contributed by atoms with Crippen molar-refractivity contribution in [2.45, 2.75) is 39.5 Å². The van der Waals surface area contributed by atoms with Crippen molar-refractivity contribution in [1.82, 2.24) is 15.2 Å². The van der Waals surface area contributed by atoms with Crippen molar-refractivity contribution in [2.75, 3.05) is 32.7 Å². The zero-order chi connectivity index (χ0) is 24.2. The van der Waals surface area contributed by atoms with Crippen LogP contribution in [0.4, 0.5) is 5.69 Å². The lowest BCUT2D eigenvalue weighted by Crippen LogP contribution is -2.48. The molecule has 1 aromatic heterocycles. The van der Waals surface area contributed by atoms with Gasteiger partial charge in [0.05, 0.1) is 17.1 Å². The number of likely N-dealkylation sites (N-methyl/N-ethyl adjacent to an activating group) is 1. The van der Waals surface area contributed by atoms with E-state index in [0.717, 1.165) is 49.4 Å². The first-order valence-corrected chi connectivity index (χ1v) is 11.6. The number of hydrogen-bond acceptors (Lipinski definition) is 7. The quantitative estimate of drug-likeness (QED) is 0.515. The normalized spacial score (nSPS) is 17.5. The van der Waals surface area contributed by atoms with Crippen LogP contribution in [0.2, 0.25) is 0 Å². The van der Waals surface area contributed by atoms with Crippen molar-refractivity contribution in [3.8, 4) is 0 Å². The van der Waals surface area contributed by atoms with Crippen LogP contribution in [0.25, 0.3) is 0 Å². The molecule has 2 heterocycles. The van der Waals surface area contributed by atoms with E-state index in [1.807, 2.05) is 11.8 Å². The number of furan rings is 1. The van der Waals surface area contributed by atoms with Crippen LogP contribution < -0.4 is 5.43 Å². The predicted octanol–water partition coefficient (Wildman–Crippen LogP) is 2.67. The van der Waals surface area contributed by atoms with E-state index in [1.54, 1.807) is 12.1 Å². The summed E-state index contributed by atoms with van der Waals surface area (Å²) in [6.07, 6.45) is 2.27. The zero-order valence-corrected chi connectivity index (χ0v) is 19.5. The Labute approximate surface area is 197 Å². The highest BCUT2D eigenvalue weighted by molar-refractivity contribution is 6.06. The number of carbonyl (C=O) groups excluding carboxylic acids is 2. The zero-order valence-electron chi connectivity index (χ0n) is 19.5. The molecule has 1 aromatic carbocycles. The second-order valence-electron chi connectivity index (χ2n) is 8.63. The monoisotopic (exact) mass is 467 g/mol. The summed E-state index contributed by atoms with van der Waals surface area (Å²) in [6, 6.07) is 5.86. The van der Waals surface area contributed by atoms with Gasteiger partial charge in [-0.25, -0.2) is 5.43 Å². The molecule has 0 unspecified atom stereocenters. The molecule has 180 valence electrons. The first kappa shape index (κ1) is 23.6. The molecule has 0 spiro atoms. The fourth-order valence-electron chi connectivity index (χ4n) is 4.49. The van der Waals surface area contributed by atoms with Gasteiger partial charge in [-0.2, -0.15) is 5.10 Å². The van der Waals surface area contributed by atoms with E-state index >= 15 is 0 Å². The molecule has 0 atom stereocenters. The second kappa shape index (κ2) is 10.2. The highest BCUT2D eigenvalue weighted by atomic mass is 16.6. The number of carbonyl (C=O) groups is 2. The summed E-state index contributed by atoms with van der Waals surface area (Å²) in [5.74, 6) is 0.688. The summed E-state index contributed by atoms with van der Waals surface area (Å²) in [6.45, 7) is 8.04. The maximum atomic E-state index is 13.1. The van der Waals surface area contributed by atoms with Crippen LogP contribution in [0.3, 0.4) is 0 Å². The Morgan fingerprint density at radius 2 is 1.85 bits per heavy atom. The molecular formula is C24H29N5O5. The minimum Gasteiger partial charge on any atom is -0.455 e. The SMILES string of the molecule is CCN1CCN(C(=O)c2oc3c(c2C)/C(=N/NC(=O)Cc2ccc([N+](=O)[O-])cc2)CCC3)CC1. The molecule has 1 saturated heterocycles. The third-order valence-corrected chi connectivity index (χ3v) is 6.45. The van der Waals surface area contributed by atoms with Gasteiger partial charge < -0.3 is 14.2 Å². The molecule has 10 heteroatoms. The van der Waals surface area contributed by atoms with Gasteiger partial charge in [-0.3, -0.25) is 19.7 Å². The van der Waals surface area contributed by atoms with E-state index in [4.69, 9.17) is 4.42 Å². The molecule has 0 bridgehead atoms. The van der Waals surface area contributed by atoms with Crippen LogP contribution in [0.1, 0.15) is 52.8 Å². The molecule has 2 aliphatic rings. The maximum Gasteiger partial charge on any atom is 0.289 e. The Morgan fingerprint density at radius 3 is 2.50 bits per heavy atom. The average Bonchev–Trinajstić information content (AvgIpc) is 3.19. The van der Waals surface area contributed by atoms with Crippen molar-refractivity contribution in [1.29, 1.82) is 0 Å². The molecule has 1 fully saturated rings. The lowest BCUT2D eigenvalue weighted by atomic mass is 9.93. The molecule has 4 rings (SSSR count). The van der Waals surface area contributed by atoms with Gasteiger partial charge in [0.25, 0.3) is 11.6 Å². The molecule has 1 N–H and O–H groups in total. The van der Waals surface area contributed by atoms with E-state index in [2.05, 4.69) is 22.4 Å². The second-order valence-corrected chi connectivity index (χ2v) is 8.63. The van der Waals surface area contributed by atoms with Gasteiger partial charge >= 0.3 is 0 Å². The minimum atomic E-state index is -0.478. The molecule has 10 nitrogen and oxygen atoms in total. The van der Waals surface area contributed by atoms with E-state index in [0.29, 0.717) is 36.5 Å². The van der Waals surface area contributed by atoms with E-state index in [1.165, 1.54) is 12.1 Å². The molecular weight excluding hydrogens is 438 g/mol. The molecule has 0 radical (unpaired) electrons. The van der Waals surface area contributed by atoms with Crippen molar-refractivity contribution in [2.24, 2.45) is 5.10 Å².